The molecule has 0 aromatic carbocycles. The number of hydrogen-bond donors (Lipinski definition) is 2. The van der Waals surface area contributed by atoms with Crippen molar-refractivity contribution in [1.82, 2.24) is 0 Å². The zero-order valence-electron chi connectivity index (χ0n) is 7.78. The van der Waals surface area contributed by atoms with Crippen molar-refractivity contribution in [2.45, 2.75) is 12.5 Å². The minimum Gasteiger partial charge on any atom is -0.396 e. The van der Waals surface area contributed by atoms with E-state index in [4.69, 9.17) is 15.6 Å². The van der Waals surface area contributed by atoms with Gasteiger partial charge in [0.2, 0.25) is 0 Å². The number of aliphatic hydroxyl groups is 1. The fourth-order valence-corrected chi connectivity index (χ4v) is 2.54. The Labute approximate surface area is 96.0 Å². The SMILES string of the molecule is NCC(OCCCO)c1ccc(Br)s1. The maximum Gasteiger partial charge on any atom is 0.104 e. The highest BCUT2D eigenvalue weighted by Crippen LogP contribution is 2.28. The Balaban J connectivity index is 2.45. The van der Waals surface area contributed by atoms with E-state index in [0.29, 0.717) is 19.6 Å². The summed E-state index contributed by atoms with van der Waals surface area (Å²) >= 11 is 5.02. The molecular formula is C9H14BrNO2S. The van der Waals surface area contributed by atoms with Gasteiger partial charge in [-0.05, 0) is 34.5 Å². The third kappa shape index (κ3) is 3.67. The minimum absolute atomic E-state index is 0.0437. The summed E-state index contributed by atoms with van der Waals surface area (Å²) in [5, 5.41) is 8.61. The fraction of sp³-hybridized carbons (Fsp3) is 0.556. The second-order valence-corrected chi connectivity index (χ2v) is 5.31. The van der Waals surface area contributed by atoms with Crippen LogP contribution in [0.1, 0.15) is 17.4 Å². The van der Waals surface area contributed by atoms with Crippen molar-refractivity contribution in [3.8, 4) is 0 Å². The van der Waals surface area contributed by atoms with Gasteiger partial charge in [-0.2, -0.15) is 0 Å². The Morgan fingerprint density at radius 2 is 2.36 bits per heavy atom. The van der Waals surface area contributed by atoms with Crippen molar-refractivity contribution in [3.05, 3.63) is 20.8 Å². The van der Waals surface area contributed by atoms with Gasteiger partial charge in [0, 0.05) is 24.6 Å². The summed E-state index contributed by atoms with van der Waals surface area (Å²) in [5.74, 6) is 0. The molecule has 1 aromatic rings. The van der Waals surface area contributed by atoms with Crippen LogP contribution in [0.5, 0.6) is 0 Å². The van der Waals surface area contributed by atoms with Crippen LogP contribution in [0.25, 0.3) is 0 Å². The molecule has 14 heavy (non-hydrogen) atoms. The van der Waals surface area contributed by atoms with Crippen molar-refractivity contribution in [2.75, 3.05) is 19.8 Å². The lowest BCUT2D eigenvalue weighted by Gasteiger charge is -2.13. The first-order chi connectivity index (χ1) is 6.77. The first-order valence-electron chi connectivity index (χ1n) is 4.45. The molecule has 1 rings (SSSR count). The van der Waals surface area contributed by atoms with Gasteiger partial charge >= 0.3 is 0 Å². The number of rotatable bonds is 6. The third-order valence-corrected chi connectivity index (χ3v) is 3.46. The number of aliphatic hydroxyl groups excluding tert-OH is 1. The molecule has 80 valence electrons. The van der Waals surface area contributed by atoms with Crippen LogP contribution >= 0.6 is 27.3 Å². The summed E-state index contributed by atoms with van der Waals surface area (Å²) in [6.45, 7) is 1.18. The first kappa shape index (κ1) is 12.1. The minimum atomic E-state index is -0.0437. The maximum absolute atomic E-state index is 8.61. The van der Waals surface area contributed by atoms with E-state index in [9.17, 15) is 0 Å². The van der Waals surface area contributed by atoms with Gasteiger partial charge in [0.05, 0.1) is 3.79 Å². The van der Waals surface area contributed by atoms with E-state index in [-0.39, 0.29) is 12.7 Å². The van der Waals surface area contributed by atoms with Crippen LogP contribution in [0.3, 0.4) is 0 Å². The normalized spacial score (nSPS) is 13.1. The van der Waals surface area contributed by atoms with Crippen molar-refractivity contribution in [2.24, 2.45) is 5.73 Å². The van der Waals surface area contributed by atoms with E-state index in [1.165, 1.54) is 0 Å². The highest BCUT2D eigenvalue weighted by Gasteiger charge is 2.11. The Hall–Kier alpha value is 0.0600. The molecule has 1 atom stereocenters. The molecule has 0 radical (unpaired) electrons. The van der Waals surface area contributed by atoms with Gasteiger partial charge in [-0.15, -0.1) is 11.3 Å². The average molecular weight is 280 g/mol. The number of nitrogens with two attached hydrogens (primary N) is 1. The number of halogens is 1. The van der Waals surface area contributed by atoms with E-state index in [0.717, 1.165) is 8.66 Å². The first-order valence-corrected chi connectivity index (χ1v) is 6.06. The number of thiophene rings is 1. The molecule has 3 nitrogen and oxygen atoms in total. The van der Waals surface area contributed by atoms with Gasteiger partial charge < -0.3 is 15.6 Å². The molecule has 1 heterocycles. The summed E-state index contributed by atoms with van der Waals surface area (Å²) in [4.78, 5) is 1.12. The summed E-state index contributed by atoms with van der Waals surface area (Å²) in [6.07, 6.45) is 0.612. The molecule has 0 aliphatic heterocycles. The topological polar surface area (TPSA) is 55.5 Å². The Morgan fingerprint density at radius 1 is 1.57 bits per heavy atom. The van der Waals surface area contributed by atoms with Crippen LogP contribution in [0.2, 0.25) is 0 Å². The van der Waals surface area contributed by atoms with Crippen LogP contribution in [0, 0.1) is 0 Å². The number of ether oxygens (including phenoxy) is 1. The Bertz CT molecular complexity index is 267. The zero-order valence-corrected chi connectivity index (χ0v) is 10.2. The van der Waals surface area contributed by atoms with Gasteiger partial charge in [0.1, 0.15) is 6.10 Å². The lowest BCUT2D eigenvalue weighted by molar-refractivity contribution is 0.0510. The van der Waals surface area contributed by atoms with E-state index >= 15 is 0 Å². The summed E-state index contributed by atoms with van der Waals surface area (Å²) in [5.41, 5.74) is 5.60. The molecule has 0 aliphatic rings. The predicted molar refractivity (Wildman–Crippen MR) is 61.5 cm³/mol. The molecule has 3 N–H and O–H groups in total. The van der Waals surface area contributed by atoms with Crippen molar-refractivity contribution < 1.29 is 9.84 Å². The lowest BCUT2D eigenvalue weighted by Crippen LogP contribution is -2.15. The van der Waals surface area contributed by atoms with Crippen LogP contribution in [-0.2, 0) is 4.74 Å². The molecule has 0 fully saturated rings. The molecule has 0 amide bonds. The fourth-order valence-electron chi connectivity index (χ4n) is 1.06. The maximum atomic E-state index is 8.61. The van der Waals surface area contributed by atoms with E-state index in [2.05, 4.69) is 15.9 Å². The largest absolute Gasteiger partial charge is 0.396 e. The third-order valence-electron chi connectivity index (χ3n) is 1.75. The molecule has 0 spiro atoms. The van der Waals surface area contributed by atoms with Crippen molar-refractivity contribution in [3.63, 3.8) is 0 Å². The standard InChI is InChI=1S/C9H14BrNO2S/c10-9-3-2-8(14-9)7(6-11)13-5-1-4-12/h2-3,7,12H,1,4-6,11H2. The zero-order chi connectivity index (χ0) is 10.4. The van der Waals surface area contributed by atoms with Gasteiger partial charge in [0.15, 0.2) is 0 Å². The van der Waals surface area contributed by atoms with Crippen LogP contribution in [0.4, 0.5) is 0 Å². The number of hydrogen-bond acceptors (Lipinski definition) is 4. The Morgan fingerprint density at radius 3 is 2.86 bits per heavy atom. The van der Waals surface area contributed by atoms with E-state index < -0.39 is 0 Å². The highest BCUT2D eigenvalue weighted by molar-refractivity contribution is 9.11. The molecule has 1 unspecified atom stereocenters. The molecule has 0 saturated heterocycles. The lowest BCUT2D eigenvalue weighted by atomic mass is 10.3. The van der Waals surface area contributed by atoms with Gasteiger partial charge in [0.25, 0.3) is 0 Å². The van der Waals surface area contributed by atoms with E-state index in [1.54, 1.807) is 11.3 Å². The molecule has 1 aromatic heterocycles. The smallest absolute Gasteiger partial charge is 0.104 e. The van der Waals surface area contributed by atoms with Crippen LogP contribution in [-0.4, -0.2) is 24.9 Å². The van der Waals surface area contributed by atoms with Crippen LogP contribution in [0.15, 0.2) is 15.9 Å². The van der Waals surface area contributed by atoms with Crippen molar-refractivity contribution in [1.29, 1.82) is 0 Å². The van der Waals surface area contributed by atoms with Gasteiger partial charge in [-0.25, -0.2) is 0 Å². The van der Waals surface area contributed by atoms with Gasteiger partial charge in [-0.1, -0.05) is 0 Å². The van der Waals surface area contributed by atoms with E-state index in [1.807, 2.05) is 12.1 Å². The predicted octanol–water partition coefficient (Wildman–Crippen LogP) is 1.91. The molecule has 5 heteroatoms. The summed E-state index contributed by atoms with van der Waals surface area (Å²) in [7, 11) is 0. The quantitative estimate of drug-likeness (QED) is 0.783. The monoisotopic (exact) mass is 279 g/mol. The second kappa shape index (κ2) is 6.53. The summed E-state index contributed by atoms with van der Waals surface area (Å²) in [6, 6.07) is 3.99. The highest BCUT2D eigenvalue weighted by atomic mass is 79.9. The molecule has 0 aliphatic carbocycles. The van der Waals surface area contributed by atoms with Crippen molar-refractivity contribution >= 4 is 27.3 Å². The Kier molecular flexibility index (Phi) is 5.66. The van der Waals surface area contributed by atoms with Gasteiger partial charge in [-0.3, -0.25) is 0 Å². The van der Waals surface area contributed by atoms with Crippen LogP contribution < -0.4 is 5.73 Å². The average Bonchev–Trinajstić information content (AvgIpc) is 2.60. The summed E-state index contributed by atoms with van der Waals surface area (Å²) < 4.78 is 6.62. The molecular weight excluding hydrogens is 266 g/mol. The second-order valence-electron chi connectivity index (χ2n) is 2.81. The molecule has 0 bridgehead atoms. The molecule has 0 saturated carbocycles.